The molecular formula is C17H16ClIN6O4. The highest BCUT2D eigenvalue weighted by Gasteiger charge is 2.16. The molecule has 0 aliphatic rings. The molecule has 1 aromatic carbocycles. The molecule has 0 spiro atoms. The summed E-state index contributed by atoms with van der Waals surface area (Å²) in [5.41, 5.74) is 0.307. The first-order valence-electron chi connectivity index (χ1n) is 8.36. The van der Waals surface area contributed by atoms with Crippen molar-refractivity contribution in [3.8, 4) is 5.75 Å². The number of hydrogen-bond donors (Lipinski definition) is 2. The summed E-state index contributed by atoms with van der Waals surface area (Å²) in [6, 6.07) is 4.74. The summed E-state index contributed by atoms with van der Waals surface area (Å²) in [7, 11) is 1.46. The maximum atomic E-state index is 12.3. The summed E-state index contributed by atoms with van der Waals surface area (Å²) in [4.78, 5) is 28.4. The number of carbonyl (C=O) groups is 2. The Hall–Kier alpha value is -2.67. The molecule has 152 valence electrons. The molecule has 0 fully saturated rings. The molecule has 2 N–H and O–H groups in total. The first-order chi connectivity index (χ1) is 14.0. The van der Waals surface area contributed by atoms with E-state index in [1.807, 2.05) is 6.20 Å². The van der Waals surface area contributed by atoms with Crippen LogP contribution in [0.1, 0.15) is 26.9 Å². The number of nitrogens with one attached hydrogen (secondary N) is 2. The number of rotatable bonds is 8. The highest BCUT2D eigenvalue weighted by Crippen LogP contribution is 2.22. The topological polar surface area (TPSA) is 124 Å². The van der Waals surface area contributed by atoms with Crippen LogP contribution in [0.15, 0.2) is 35.1 Å². The highest BCUT2D eigenvalue weighted by molar-refractivity contribution is 14.1. The van der Waals surface area contributed by atoms with Crippen molar-refractivity contribution in [2.75, 3.05) is 20.2 Å². The predicted molar refractivity (Wildman–Crippen MR) is 111 cm³/mol. The number of carbonyl (C=O) groups excluding carboxylic acids is 2. The van der Waals surface area contributed by atoms with Crippen molar-refractivity contribution in [1.82, 2.24) is 30.6 Å². The van der Waals surface area contributed by atoms with Crippen molar-refractivity contribution >= 4 is 46.0 Å². The second-order valence-electron chi connectivity index (χ2n) is 5.73. The Balaban J connectivity index is 1.47. The number of hydrogen-bond acceptors (Lipinski definition) is 7. The standard InChI is InChI=1S/C17H16ClIN6O4/c1-28-13-3-2-10(18)6-12(13)15(26)20-4-5-21-16(27)17-23-14(24-29-17)9-25-8-11(19)7-22-25/h2-3,6-8H,4-5,9H2,1H3,(H,20,26)(H,21,27). The van der Waals surface area contributed by atoms with Gasteiger partial charge in [0.05, 0.1) is 22.4 Å². The summed E-state index contributed by atoms with van der Waals surface area (Å²) in [5, 5.41) is 13.6. The highest BCUT2D eigenvalue weighted by atomic mass is 127. The number of amides is 2. The molecule has 12 heteroatoms. The second-order valence-corrected chi connectivity index (χ2v) is 7.41. The zero-order valence-corrected chi connectivity index (χ0v) is 18.1. The van der Waals surface area contributed by atoms with Gasteiger partial charge in [0, 0.05) is 24.3 Å². The van der Waals surface area contributed by atoms with Gasteiger partial charge >= 0.3 is 11.8 Å². The van der Waals surface area contributed by atoms with Crippen LogP contribution in [0.25, 0.3) is 0 Å². The molecule has 0 atom stereocenters. The first-order valence-corrected chi connectivity index (χ1v) is 9.82. The lowest BCUT2D eigenvalue weighted by Crippen LogP contribution is -2.35. The SMILES string of the molecule is COc1ccc(Cl)cc1C(=O)NCCNC(=O)c1nc(Cn2cc(I)cn2)no1. The number of methoxy groups -OCH3 is 1. The predicted octanol–water partition coefficient (Wildman–Crippen LogP) is 1.74. The Morgan fingerprint density at radius 1 is 1.28 bits per heavy atom. The molecule has 29 heavy (non-hydrogen) atoms. The van der Waals surface area contributed by atoms with E-state index in [1.54, 1.807) is 23.0 Å². The number of aromatic nitrogens is 4. The minimum Gasteiger partial charge on any atom is -0.496 e. The van der Waals surface area contributed by atoms with E-state index >= 15 is 0 Å². The van der Waals surface area contributed by atoms with Gasteiger partial charge in [0.15, 0.2) is 5.82 Å². The van der Waals surface area contributed by atoms with Crippen LogP contribution in [-0.4, -0.2) is 51.9 Å². The third kappa shape index (κ3) is 5.67. The van der Waals surface area contributed by atoms with Crippen molar-refractivity contribution in [1.29, 1.82) is 0 Å². The van der Waals surface area contributed by atoms with Crippen LogP contribution in [0.4, 0.5) is 0 Å². The molecule has 0 unspecified atom stereocenters. The molecule has 0 saturated carbocycles. The Morgan fingerprint density at radius 2 is 2.03 bits per heavy atom. The molecular weight excluding hydrogens is 515 g/mol. The lowest BCUT2D eigenvalue weighted by atomic mass is 10.2. The van der Waals surface area contributed by atoms with E-state index in [9.17, 15) is 9.59 Å². The van der Waals surface area contributed by atoms with Crippen molar-refractivity contribution in [3.05, 3.63) is 56.5 Å². The molecule has 10 nitrogen and oxygen atoms in total. The first kappa shape index (κ1) is 21.0. The Labute approximate surface area is 184 Å². The summed E-state index contributed by atoms with van der Waals surface area (Å²) in [6.07, 6.45) is 3.51. The van der Waals surface area contributed by atoms with Gasteiger partial charge in [-0.05, 0) is 40.8 Å². The van der Waals surface area contributed by atoms with Crippen LogP contribution < -0.4 is 15.4 Å². The quantitative estimate of drug-likeness (QED) is 0.336. The summed E-state index contributed by atoms with van der Waals surface area (Å²) < 4.78 is 12.7. The molecule has 0 aliphatic carbocycles. The molecule has 2 amide bonds. The van der Waals surface area contributed by atoms with Gasteiger partial charge in [-0.25, -0.2) is 0 Å². The molecule has 2 heterocycles. The maximum Gasteiger partial charge on any atom is 0.316 e. The van der Waals surface area contributed by atoms with E-state index in [4.69, 9.17) is 20.9 Å². The Bertz CT molecular complexity index is 1020. The van der Waals surface area contributed by atoms with E-state index in [0.717, 1.165) is 3.57 Å². The van der Waals surface area contributed by atoms with Gasteiger partial charge in [-0.1, -0.05) is 16.8 Å². The van der Waals surface area contributed by atoms with Crippen LogP contribution >= 0.6 is 34.2 Å². The van der Waals surface area contributed by atoms with Crippen molar-refractivity contribution < 1.29 is 18.8 Å². The monoisotopic (exact) mass is 530 g/mol. The number of benzene rings is 1. The van der Waals surface area contributed by atoms with Gasteiger partial charge in [-0.15, -0.1) is 0 Å². The average molecular weight is 531 g/mol. The summed E-state index contributed by atoms with van der Waals surface area (Å²) in [5.74, 6) is -0.331. The average Bonchev–Trinajstić information content (AvgIpc) is 3.34. The largest absolute Gasteiger partial charge is 0.496 e. The minimum absolute atomic E-state index is 0.162. The zero-order valence-electron chi connectivity index (χ0n) is 15.2. The van der Waals surface area contributed by atoms with Crippen LogP contribution in [-0.2, 0) is 6.54 Å². The molecule has 0 radical (unpaired) electrons. The normalized spacial score (nSPS) is 10.6. The molecule has 0 bridgehead atoms. The second kappa shape index (κ2) is 9.69. The fourth-order valence-corrected chi connectivity index (χ4v) is 2.98. The van der Waals surface area contributed by atoms with Crippen LogP contribution in [0, 0.1) is 3.57 Å². The zero-order chi connectivity index (χ0) is 20.8. The van der Waals surface area contributed by atoms with Crippen LogP contribution in [0.5, 0.6) is 5.75 Å². The van der Waals surface area contributed by atoms with E-state index < -0.39 is 5.91 Å². The molecule has 3 aromatic rings. The Morgan fingerprint density at radius 3 is 2.72 bits per heavy atom. The number of halogens is 2. The van der Waals surface area contributed by atoms with Gasteiger partial charge in [0.2, 0.25) is 0 Å². The number of nitrogens with zero attached hydrogens (tertiary/aromatic N) is 4. The summed E-state index contributed by atoms with van der Waals surface area (Å²) >= 11 is 8.06. The van der Waals surface area contributed by atoms with Gasteiger partial charge in [-0.2, -0.15) is 10.1 Å². The molecule has 0 saturated heterocycles. The third-order valence-electron chi connectivity index (χ3n) is 3.67. The molecule has 3 rings (SSSR count). The minimum atomic E-state index is -0.534. The van der Waals surface area contributed by atoms with E-state index in [2.05, 4.69) is 48.5 Å². The summed E-state index contributed by atoms with van der Waals surface area (Å²) in [6.45, 7) is 0.646. The van der Waals surface area contributed by atoms with E-state index in [-0.39, 0.29) is 31.4 Å². The smallest absolute Gasteiger partial charge is 0.316 e. The number of ether oxygens (including phenoxy) is 1. The fraction of sp³-hybridized carbons (Fsp3) is 0.235. The van der Waals surface area contributed by atoms with Crippen molar-refractivity contribution in [3.63, 3.8) is 0 Å². The Kier molecular flexibility index (Phi) is 7.04. The third-order valence-corrected chi connectivity index (χ3v) is 4.46. The van der Waals surface area contributed by atoms with Crippen molar-refractivity contribution in [2.24, 2.45) is 0 Å². The lowest BCUT2D eigenvalue weighted by molar-refractivity contribution is 0.0897. The lowest BCUT2D eigenvalue weighted by Gasteiger charge is -2.09. The van der Waals surface area contributed by atoms with Gasteiger partial charge < -0.3 is 19.9 Å². The fourth-order valence-electron chi connectivity index (χ4n) is 2.36. The van der Waals surface area contributed by atoms with Gasteiger partial charge in [0.25, 0.3) is 5.91 Å². The molecule has 2 aromatic heterocycles. The van der Waals surface area contributed by atoms with Gasteiger partial charge in [0.1, 0.15) is 12.3 Å². The van der Waals surface area contributed by atoms with Gasteiger partial charge in [-0.3, -0.25) is 14.3 Å². The van der Waals surface area contributed by atoms with E-state index in [0.29, 0.717) is 22.2 Å². The van der Waals surface area contributed by atoms with Crippen LogP contribution in [0.3, 0.4) is 0 Å². The van der Waals surface area contributed by atoms with Crippen LogP contribution in [0.2, 0.25) is 5.02 Å². The van der Waals surface area contributed by atoms with Crippen molar-refractivity contribution in [2.45, 2.75) is 6.54 Å². The molecule has 0 aliphatic heterocycles. The maximum absolute atomic E-state index is 12.3. The van der Waals surface area contributed by atoms with E-state index in [1.165, 1.54) is 13.2 Å².